The van der Waals surface area contributed by atoms with Crippen LogP contribution in [0.5, 0.6) is 5.75 Å². The van der Waals surface area contributed by atoms with Gasteiger partial charge in [0, 0.05) is 19.6 Å². The van der Waals surface area contributed by atoms with Crippen molar-refractivity contribution >= 4 is 5.91 Å². The Hall–Kier alpha value is -1.66. The van der Waals surface area contributed by atoms with Gasteiger partial charge in [-0.2, -0.15) is 0 Å². The highest BCUT2D eigenvalue weighted by molar-refractivity contribution is 5.79. The Labute approximate surface area is 135 Å². The standard InChI is InChI=1S/C17H22FNO4/c1-2-21-15-7-8-23-17(9-15)11-19(12-17)16(20)10-22-14-5-3-13(18)4-6-14/h3-6,15H,2,7-12H2,1H3. The molecule has 0 aromatic heterocycles. The van der Waals surface area contributed by atoms with E-state index in [2.05, 4.69) is 0 Å². The van der Waals surface area contributed by atoms with E-state index >= 15 is 0 Å². The van der Waals surface area contributed by atoms with E-state index in [0.717, 1.165) is 12.8 Å². The zero-order valence-electron chi connectivity index (χ0n) is 13.3. The summed E-state index contributed by atoms with van der Waals surface area (Å²) in [5, 5.41) is 0. The van der Waals surface area contributed by atoms with Crippen molar-refractivity contribution in [3.8, 4) is 5.75 Å². The number of carbonyl (C=O) groups is 1. The van der Waals surface area contributed by atoms with Gasteiger partial charge in [0.1, 0.15) is 17.2 Å². The number of ether oxygens (including phenoxy) is 3. The number of hydrogen-bond acceptors (Lipinski definition) is 4. The van der Waals surface area contributed by atoms with E-state index < -0.39 is 0 Å². The van der Waals surface area contributed by atoms with Gasteiger partial charge >= 0.3 is 0 Å². The molecule has 0 radical (unpaired) electrons. The topological polar surface area (TPSA) is 48.0 Å². The van der Waals surface area contributed by atoms with Gasteiger partial charge in [0.15, 0.2) is 6.61 Å². The van der Waals surface area contributed by atoms with E-state index in [1.54, 1.807) is 4.90 Å². The lowest BCUT2D eigenvalue weighted by Gasteiger charge is -2.52. The van der Waals surface area contributed by atoms with Crippen LogP contribution in [0.25, 0.3) is 0 Å². The number of benzene rings is 1. The van der Waals surface area contributed by atoms with Crippen molar-refractivity contribution in [2.24, 2.45) is 0 Å². The Kier molecular flexibility index (Phi) is 4.82. The quantitative estimate of drug-likeness (QED) is 0.831. The zero-order chi connectivity index (χ0) is 16.3. The molecule has 3 rings (SSSR count). The molecule has 1 aromatic carbocycles. The molecule has 2 aliphatic rings. The Morgan fingerprint density at radius 1 is 1.39 bits per heavy atom. The molecule has 2 fully saturated rings. The molecule has 1 unspecified atom stereocenters. The van der Waals surface area contributed by atoms with Gasteiger partial charge in [-0.15, -0.1) is 0 Å². The molecular formula is C17H22FNO4. The van der Waals surface area contributed by atoms with Crippen LogP contribution in [0, 0.1) is 5.82 Å². The third kappa shape index (κ3) is 3.82. The second-order valence-corrected chi connectivity index (χ2v) is 6.09. The van der Waals surface area contributed by atoms with E-state index in [1.165, 1.54) is 24.3 Å². The van der Waals surface area contributed by atoms with Crippen molar-refractivity contribution < 1.29 is 23.4 Å². The third-order valence-electron chi connectivity index (χ3n) is 4.34. The molecule has 0 N–H and O–H groups in total. The SMILES string of the molecule is CCOC1CCOC2(C1)CN(C(=O)COc1ccc(F)cc1)C2. The zero-order valence-corrected chi connectivity index (χ0v) is 13.3. The van der Waals surface area contributed by atoms with Crippen molar-refractivity contribution in [1.82, 2.24) is 4.90 Å². The maximum absolute atomic E-state index is 12.8. The lowest BCUT2D eigenvalue weighted by Crippen LogP contribution is -2.67. The molecular weight excluding hydrogens is 301 g/mol. The second-order valence-electron chi connectivity index (χ2n) is 6.09. The molecule has 126 valence electrons. The van der Waals surface area contributed by atoms with E-state index in [0.29, 0.717) is 32.1 Å². The molecule has 6 heteroatoms. The van der Waals surface area contributed by atoms with E-state index in [1.807, 2.05) is 6.92 Å². The van der Waals surface area contributed by atoms with Crippen LogP contribution in [0.3, 0.4) is 0 Å². The van der Waals surface area contributed by atoms with Crippen molar-refractivity contribution in [3.05, 3.63) is 30.1 Å². The molecule has 2 saturated heterocycles. The average Bonchev–Trinajstić information content (AvgIpc) is 2.52. The Balaban J connectivity index is 1.45. The molecule has 0 saturated carbocycles. The summed E-state index contributed by atoms with van der Waals surface area (Å²) in [4.78, 5) is 13.9. The number of rotatable bonds is 5. The van der Waals surface area contributed by atoms with Crippen molar-refractivity contribution in [2.45, 2.75) is 31.5 Å². The number of amides is 1. The first kappa shape index (κ1) is 16.2. The van der Waals surface area contributed by atoms with Gasteiger partial charge < -0.3 is 19.1 Å². The van der Waals surface area contributed by atoms with Gasteiger partial charge in [0.2, 0.25) is 0 Å². The normalized spacial score (nSPS) is 22.7. The Bertz CT molecular complexity index is 540. The Morgan fingerprint density at radius 2 is 2.13 bits per heavy atom. The number of nitrogens with zero attached hydrogens (tertiary/aromatic N) is 1. The van der Waals surface area contributed by atoms with Gasteiger partial charge in [0.25, 0.3) is 5.91 Å². The largest absolute Gasteiger partial charge is 0.484 e. The maximum Gasteiger partial charge on any atom is 0.260 e. The van der Waals surface area contributed by atoms with Crippen molar-refractivity contribution in [1.29, 1.82) is 0 Å². The molecule has 1 atom stereocenters. The molecule has 1 aromatic rings. The number of likely N-dealkylation sites (tertiary alicyclic amines) is 1. The minimum Gasteiger partial charge on any atom is -0.484 e. The van der Waals surface area contributed by atoms with Crippen LogP contribution in [0.4, 0.5) is 4.39 Å². The van der Waals surface area contributed by atoms with Gasteiger partial charge in [-0.05, 0) is 37.6 Å². The monoisotopic (exact) mass is 323 g/mol. The predicted molar refractivity (Wildman–Crippen MR) is 81.8 cm³/mol. The molecule has 1 amide bonds. The van der Waals surface area contributed by atoms with Crippen LogP contribution < -0.4 is 4.74 Å². The summed E-state index contributed by atoms with van der Waals surface area (Å²) in [5.41, 5.74) is -0.246. The van der Waals surface area contributed by atoms with E-state index in [4.69, 9.17) is 14.2 Å². The lowest BCUT2D eigenvalue weighted by molar-refractivity contribution is -0.201. The van der Waals surface area contributed by atoms with Gasteiger partial charge in [-0.1, -0.05) is 0 Å². The minimum atomic E-state index is -0.327. The molecule has 1 spiro atoms. The molecule has 2 aliphatic heterocycles. The van der Waals surface area contributed by atoms with Crippen LogP contribution in [-0.4, -0.2) is 55.4 Å². The van der Waals surface area contributed by atoms with Gasteiger partial charge in [0.05, 0.1) is 19.2 Å². The fraction of sp³-hybridized carbons (Fsp3) is 0.588. The first-order chi connectivity index (χ1) is 11.1. The van der Waals surface area contributed by atoms with Crippen molar-refractivity contribution in [3.63, 3.8) is 0 Å². The fourth-order valence-electron chi connectivity index (χ4n) is 3.17. The number of carbonyl (C=O) groups excluding carboxylic acids is 1. The molecule has 23 heavy (non-hydrogen) atoms. The van der Waals surface area contributed by atoms with Crippen LogP contribution >= 0.6 is 0 Å². The summed E-state index contributed by atoms with van der Waals surface area (Å²) in [6.07, 6.45) is 1.97. The van der Waals surface area contributed by atoms with Gasteiger partial charge in [-0.3, -0.25) is 4.79 Å². The first-order valence-electron chi connectivity index (χ1n) is 8.02. The lowest BCUT2D eigenvalue weighted by atomic mass is 9.84. The average molecular weight is 323 g/mol. The number of halogens is 1. The van der Waals surface area contributed by atoms with Crippen molar-refractivity contribution in [2.75, 3.05) is 32.9 Å². The highest BCUT2D eigenvalue weighted by atomic mass is 19.1. The van der Waals surface area contributed by atoms with Crippen LogP contribution in [0.15, 0.2) is 24.3 Å². The van der Waals surface area contributed by atoms with E-state index in [9.17, 15) is 9.18 Å². The highest BCUT2D eigenvalue weighted by Crippen LogP contribution is 2.35. The fourth-order valence-corrected chi connectivity index (χ4v) is 3.17. The maximum atomic E-state index is 12.8. The summed E-state index contributed by atoms with van der Waals surface area (Å²) in [5.74, 6) is 0.0778. The van der Waals surface area contributed by atoms with Crippen LogP contribution in [0.1, 0.15) is 19.8 Å². The second kappa shape index (κ2) is 6.84. The molecule has 0 aliphatic carbocycles. The molecule has 0 bridgehead atoms. The van der Waals surface area contributed by atoms with Crippen LogP contribution in [-0.2, 0) is 14.3 Å². The summed E-state index contributed by atoms with van der Waals surface area (Å²) in [6, 6.07) is 5.64. The summed E-state index contributed by atoms with van der Waals surface area (Å²) < 4.78 is 29.8. The van der Waals surface area contributed by atoms with Gasteiger partial charge in [-0.25, -0.2) is 4.39 Å². The smallest absolute Gasteiger partial charge is 0.260 e. The van der Waals surface area contributed by atoms with E-state index in [-0.39, 0.29) is 30.0 Å². The number of hydrogen-bond donors (Lipinski definition) is 0. The summed E-state index contributed by atoms with van der Waals surface area (Å²) in [6.45, 7) is 4.50. The predicted octanol–water partition coefficient (Wildman–Crippen LogP) is 2.00. The summed E-state index contributed by atoms with van der Waals surface area (Å²) >= 11 is 0. The molecule has 5 nitrogen and oxygen atoms in total. The highest BCUT2D eigenvalue weighted by Gasteiger charge is 2.49. The first-order valence-corrected chi connectivity index (χ1v) is 8.02. The van der Waals surface area contributed by atoms with Crippen LogP contribution in [0.2, 0.25) is 0 Å². The third-order valence-corrected chi connectivity index (χ3v) is 4.34. The minimum absolute atomic E-state index is 0.0450. The molecule has 2 heterocycles. The summed E-state index contributed by atoms with van der Waals surface area (Å²) in [7, 11) is 0. The Morgan fingerprint density at radius 3 is 2.83 bits per heavy atom.